The van der Waals surface area contributed by atoms with Gasteiger partial charge < -0.3 is 11.1 Å². The molecule has 0 radical (unpaired) electrons. The molecule has 3 heteroatoms. The van der Waals surface area contributed by atoms with E-state index < -0.39 is 0 Å². The maximum Gasteiger partial charge on any atom is 0.224 e. The fourth-order valence-electron chi connectivity index (χ4n) is 3.72. The van der Waals surface area contributed by atoms with Gasteiger partial charge in [0.25, 0.3) is 0 Å². The summed E-state index contributed by atoms with van der Waals surface area (Å²) in [6.07, 6.45) is 4.64. The summed E-state index contributed by atoms with van der Waals surface area (Å²) >= 11 is 0. The third-order valence-corrected chi connectivity index (χ3v) is 5.67. The maximum atomic E-state index is 12.2. The van der Waals surface area contributed by atoms with Crippen LogP contribution in [0.1, 0.15) is 53.4 Å². The van der Waals surface area contributed by atoms with E-state index in [4.69, 9.17) is 5.73 Å². The lowest BCUT2D eigenvalue weighted by Crippen LogP contribution is -2.36. The molecule has 2 rings (SSSR count). The monoisotopic (exact) mass is 252 g/mol. The summed E-state index contributed by atoms with van der Waals surface area (Å²) in [5, 5.41) is 3.15. The van der Waals surface area contributed by atoms with Crippen molar-refractivity contribution in [3.05, 3.63) is 0 Å². The van der Waals surface area contributed by atoms with Crippen LogP contribution in [0.3, 0.4) is 0 Å². The van der Waals surface area contributed by atoms with Gasteiger partial charge in [-0.05, 0) is 36.0 Å². The third-order valence-electron chi connectivity index (χ3n) is 5.67. The van der Waals surface area contributed by atoms with E-state index in [-0.39, 0.29) is 22.7 Å². The van der Waals surface area contributed by atoms with Crippen molar-refractivity contribution in [2.75, 3.05) is 6.54 Å². The van der Waals surface area contributed by atoms with Crippen LogP contribution in [-0.2, 0) is 4.79 Å². The molecular weight excluding hydrogens is 224 g/mol. The normalized spacial score (nSPS) is 34.1. The zero-order valence-corrected chi connectivity index (χ0v) is 12.3. The highest BCUT2D eigenvalue weighted by molar-refractivity contribution is 5.84. The number of nitrogens with two attached hydrogens (primary N) is 1. The smallest absolute Gasteiger partial charge is 0.224 e. The number of hydrogen-bond donors (Lipinski definition) is 2. The molecule has 0 aromatic heterocycles. The van der Waals surface area contributed by atoms with Crippen LogP contribution < -0.4 is 11.1 Å². The predicted octanol–water partition coefficient (Wildman–Crippen LogP) is 2.30. The van der Waals surface area contributed by atoms with Gasteiger partial charge in [0.05, 0.1) is 0 Å². The van der Waals surface area contributed by atoms with Crippen LogP contribution >= 0.6 is 0 Å². The van der Waals surface area contributed by atoms with Crippen molar-refractivity contribution in [3.63, 3.8) is 0 Å². The first-order valence-electron chi connectivity index (χ1n) is 7.30. The molecule has 1 amide bonds. The Morgan fingerprint density at radius 1 is 1.22 bits per heavy atom. The average molecular weight is 252 g/mol. The van der Waals surface area contributed by atoms with Crippen LogP contribution in [0.15, 0.2) is 0 Å². The second-order valence-electron chi connectivity index (χ2n) is 7.41. The molecule has 3 nitrogen and oxygen atoms in total. The van der Waals surface area contributed by atoms with Crippen LogP contribution in [0.4, 0.5) is 0 Å². The van der Waals surface area contributed by atoms with E-state index in [0.717, 1.165) is 19.4 Å². The van der Waals surface area contributed by atoms with Gasteiger partial charge in [-0.1, -0.05) is 34.1 Å². The van der Waals surface area contributed by atoms with Gasteiger partial charge in [-0.25, -0.2) is 0 Å². The molecule has 104 valence electrons. The highest BCUT2D eigenvalue weighted by Gasteiger charge is 2.68. The standard InChI is InChI=1S/C15H28N2O/c1-14(2)12(15(14,3)4)13(18)17-9-10-6-5-7-11(16)8-10/h10-12H,5-9,16H2,1-4H3,(H,17,18). The lowest BCUT2D eigenvalue weighted by Gasteiger charge is -2.26. The summed E-state index contributed by atoms with van der Waals surface area (Å²) in [5.41, 5.74) is 6.25. The summed E-state index contributed by atoms with van der Waals surface area (Å²) < 4.78 is 0. The quantitative estimate of drug-likeness (QED) is 0.810. The Balaban J connectivity index is 1.80. The summed E-state index contributed by atoms with van der Waals surface area (Å²) in [5.74, 6) is 0.995. The molecule has 2 atom stereocenters. The minimum Gasteiger partial charge on any atom is -0.356 e. The molecule has 0 saturated heterocycles. The molecule has 0 aliphatic heterocycles. The third kappa shape index (κ3) is 2.29. The Kier molecular flexibility index (Phi) is 3.48. The molecule has 2 unspecified atom stereocenters. The second kappa shape index (κ2) is 4.52. The molecule has 0 aromatic carbocycles. The summed E-state index contributed by atoms with van der Waals surface area (Å²) in [7, 11) is 0. The van der Waals surface area contributed by atoms with Gasteiger partial charge in [-0.15, -0.1) is 0 Å². The Bertz CT molecular complexity index is 321. The van der Waals surface area contributed by atoms with E-state index in [1.54, 1.807) is 0 Å². The minimum absolute atomic E-state index is 0.139. The van der Waals surface area contributed by atoms with Gasteiger partial charge in [0.2, 0.25) is 5.91 Å². The number of carbonyl (C=O) groups is 1. The van der Waals surface area contributed by atoms with Crippen molar-refractivity contribution in [2.24, 2.45) is 28.4 Å². The van der Waals surface area contributed by atoms with Crippen LogP contribution in [0, 0.1) is 22.7 Å². The van der Waals surface area contributed by atoms with Crippen molar-refractivity contribution in [1.82, 2.24) is 5.32 Å². The molecular formula is C15H28N2O. The fourth-order valence-corrected chi connectivity index (χ4v) is 3.72. The molecule has 2 aliphatic carbocycles. The zero-order valence-electron chi connectivity index (χ0n) is 12.3. The van der Waals surface area contributed by atoms with E-state index >= 15 is 0 Å². The van der Waals surface area contributed by atoms with Gasteiger partial charge >= 0.3 is 0 Å². The number of amides is 1. The Hall–Kier alpha value is -0.570. The Morgan fingerprint density at radius 3 is 2.33 bits per heavy atom. The molecule has 0 spiro atoms. The van der Waals surface area contributed by atoms with Crippen LogP contribution in [0.2, 0.25) is 0 Å². The van der Waals surface area contributed by atoms with E-state index in [9.17, 15) is 4.79 Å². The van der Waals surface area contributed by atoms with E-state index in [0.29, 0.717) is 12.0 Å². The SMILES string of the molecule is CC1(C)C(C(=O)NCC2CCCC(N)C2)C1(C)C. The zero-order chi connectivity index (χ0) is 13.6. The van der Waals surface area contributed by atoms with Crippen LogP contribution in [0.25, 0.3) is 0 Å². The summed E-state index contributed by atoms with van der Waals surface area (Å²) in [6, 6.07) is 0.342. The first kappa shape index (κ1) is 13.9. The van der Waals surface area contributed by atoms with Crippen molar-refractivity contribution in [2.45, 2.75) is 59.4 Å². The fraction of sp³-hybridized carbons (Fsp3) is 0.933. The summed E-state index contributed by atoms with van der Waals surface area (Å²) in [4.78, 5) is 12.2. The minimum atomic E-state index is 0.139. The van der Waals surface area contributed by atoms with E-state index in [1.165, 1.54) is 12.8 Å². The van der Waals surface area contributed by atoms with Crippen molar-refractivity contribution in [1.29, 1.82) is 0 Å². The van der Waals surface area contributed by atoms with Gasteiger partial charge in [-0.2, -0.15) is 0 Å². The maximum absolute atomic E-state index is 12.2. The van der Waals surface area contributed by atoms with Crippen molar-refractivity contribution >= 4 is 5.91 Å². The van der Waals surface area contributed by atoms with E-state index in [1.807, 2.05) is 0 Å². The predicted molar refractivity (Wildman–Crippen MR) is 74.0 cm³/mol. The molecule has 2 aliphatic rings. The molecule has 2 fully saturated rings. The first-order chi connectivity index (χ1) is 8.26. The lowest BCUT2D eigenvalue weighted by atomic mass is 9.86. The number of rotatable bonds is 3. The average Bonchev–Trinajstić information content (AvgIpc) is 2.66. The number of carbonyl (C=O) groups excluding carboxylic acids is 1. The van der Waals surface area contributed by atoms with Gasteiger partial charge in [0.15, 0.2) is 0 Å². The van der Waals surface area contributed by atoms with Crippen LogP contribution in [-0.4, -0.2) is 18.5 Å². The molecule has 2 saturated carbocycles. The Labute approximate surface area is 111 Å². The van der Waals surface area contributed by atoms with Crippen molar-refractivity contribution < 1.29 is 4.79 Å². The lowest BCUT2D eigenvalue weighted by molar-refractivity contribution is -0.123. The summed E-state index contributed by atoms with van der Waals surface area (Å²) in [6.45, 7) is 9.57. The van der Waals surface area contributed by atoms with E-state index in [2.05, 4.69) is 33.0 Å². The molecule has 18 heavy (non-hydrogen) atoms. The highest BCUT2D eigenvalue weighted by Crippen LogP contribution is 2.68. The van der Waals surface area contributed by atoms with Gasteiger partial charge in [0.1, 0.15) is 0 Å². The van der Waals surface area contributed by atoms with Crippen molar-refractivity contribution in [3.8, 4) is 0 Å². The first-order valence-corrected chi connectivity index (χ1v) is 7.30. The molecule has 0 bridgehead atoms. The van der Waals surface area contributed by atoms with Gasteiger partial charge in [0, 0.05) is 18.5 Å². The second-order valence-corrected chi connectivity index (χ2v) is 7.41. The van der Waals surface area contributed by atoms with Crippen LogP contribution in [0.5, 0.6) is 0 Å². The topological polar surface area (TPSA) is 55.1 Å². The number of nitrogens with one attached hydrogen (secondary N) is 1. The number of hydrogen-bond acceptors (Lipinski definition) is 2. The Morgan fingerprint density at radius 2 is 1.83 bits per heavy atom. The highest BCUT2D eigenvalue weighted by atomic mass is 16.2. The van der Waals surface area contributed by atoms with Gasteiger partial charge in [-0.3, -0.25) is 4.79 Å². The molecule has 0 heterocycles. The molecule has 3 N–H and O–H groups in total. The largest absolute Gasteiger partial charge is 0.356 e. The molecule has 0 aromatic rings.